The topological polar surface area (TPSA) is 69.4 Å². The monoisotopic (exact) mass is 472 g/mol. The second-order valence-corrected chi connectivity index (χ2v) is 8.62. The summed E-state index contributed by atoms with van der Waals surface area (Å²) in [7, 11) is 0. The van der Waals surface area contributed by atoms with Gasteiger partial charge in [-0.2, -0.15) is 0 Å². The summed E-state index contributed by atoms with van der Waals surface area (Å²) in [6, 6.07) is 13.6. The molecule has 1 amide bonds. The van der Waals surface area contributed by atoms with Crippen molar-refractivity contribution in [3.63, 3.8) is 0 Å². The number of amides is 1. The van der Waals surface area contributed by atoms with Crippen molar-refractivity contribution < 1.29 is 13.9 Å². The number of rotatable bonds is 5. The predicted molar refractivity (Wildman–Crippen MR) is 132 cm³/mol. The first-order valence-electron chi connectivity index (χ1n) is 11.5. The molecule has 1 atom stereocenters. The molecule has 0 radical (unpaired) electrons. The minimum Gasteiger partial charge on any atom is -0.454 e. The van der Waals surface area contributed by atoms with Crippen LogP contribution in [0.4, 0.5) is 4.39 Å². The minimum absolute atomic E-state index is 0.131. The van der Waals surface area contributed by atoms with Crippen molar-refractivity contribution in [2.45, 2.75) is 25.8 Å². The minimum atomic E-state index is -0.404. The number of carbonyl (C=O) groups excluding carboxylic acids is 1. The fourth-order valence-corrected chi connectivity index (χ4v) is 4.66. The fourth-order valence-electron chi connectivity index (χ4n) is 4.66. The Morgan fingerprint density at radius 2 is 1.97 bits per heavy atom. The number of hydrogen-bond acceptors (Lipinski definition) is 4. The van der Waals surface area contributed by atoms with Gasteiger partial charge >= 0.3 is 5.69 Å². The van der Waals surface area contributed by atoms with E-state index >= 15 is 0 Å². The number of carbonyl (C=O) groups is 1. The van der Waals surface area contributed by atoms with Gasteiger partial charge in [-0.1, -0.05) is 18.7 Å². The molecular weight excluding hydrogens is 447 g/mol. The molecule has 3 heterocycles. The van der Waals surface area contributed by atoms with Crippen LogP contribution < -0.4 is 10.4 Å². The number of pyridine rings is 1. The number of likely N-dealkylation sites (tertiary alicyclic amines) is 1. The quantitative estimate of drug-likeness (QED) is 0.392. The molecule has 1 aliphatic heterocycles. The van der Waals surface area contributed by atoms with E-state index in [1.165, 1.54) is 6.08 Å². The van der Waals surface area contributed by atoms with Gasteiger partial charge in [0.15, 0.2) is 11.6 Å². The maximum Gasteiger partial charge on any atom is 0.334 e. The van der Waals surface area contributed by atoms with Crippen molar-refractivity contribution in [2.75, 3.05) is 13.1 Å². The third-order valence-electron chi connectivity index (χ3n) is 6.40. The summed E-state index contributed by atoms with van der Waals surface area (Å²) in [5.74, 6) is 0.0675. The summed E-state index contributed by atoms with van der Waals surface area (Å²) >= 11 is 0. The van der Waals surface area contributed by atoms with E-state index in [0.717, 1.165) is 18.4 Å². The van der Waals surface area contributed by atoms with Gasteiger partial charge in [0.2, 0.25) is 5.91 Å². The molecule has 1 fully saturated rings. The maximum absolute atomic E-state index is 14.3. The summed E-state index contributed by atoms with van der Waals surface area (Å²) in [5, 5.41) is 0. The van der Waals surface area contributed by atoms with Crippen LogP contribution in [-0.2, 0) is 4.79 Å². The molecule has 1 aliphatic rings. The summed E-state index contributed by atoms with van der Waals surface area (Å²) < 4.78 is 23.4. The lowest BCUT2D eigenvalue weighted by atomic mass is 10.1. The normalized spacial score (nSPS) is 15.8. The third-order valence-corrected chi connectivity index (χ3v) is 6.40. The maximum atomic E-state index is 14.3. The van der Waals surface area contributed by atoms with Crippen molar-refractivity contribution >= 4 is 16.9 Å². The van der Waals surface area contributed by atoms with E-state index in [1.807, 2.05) is 6.07 Å². The second-order valence-electron chi connectivity index (χ2n) is 8.62. The Labute approximate surface area is 201 Å². The first kappa shape index (κ1) is 22.6. The van der Waals surface area contributed by atoms with E-state index in [-0.39, 0.29) is 23.4 Å². The number of fused-ring (bicyclic) bond motifs is 1. The van der Waals surface area contributed by atoms with Crippen LogP contribution in [0.2, 0.25) is 0 Å². The van der Waals surface area contributed by atoms with Crippen LogP contribution in [0.1, 0.15) is 24.4 Å². The number of ether oxygens (including phenoxy) is 1. The number of hydrogen-bond donors (Lipinski definition) is 0. The standard InChI is InChI=1S/C27H25FN4O3/c1-3-25(33)30-15-5-7-20(17-30)32-22-13-14-29-16-23(22)31(27(32)34)19-9-11-21(12-10-19)35-24-8-4-6-18(2)26(24)28/h3-4,6,8-14,16,20H,1,5,7,15,17H2,2H3. The van der Waals surface area contributed by atoms with Crippen molar-refractivity contribution in [3.8, 4) is 17.2 Å². The van der Waals surface area contributed by atoms with Crippen LogP contribution in [0.25, 0.3) is 16.7 Å². The molecule has 0 aliphatic carbocycles. The van der Waals surface area contributed by atoms with Gasteiger partial charge in [-0.3, -0.25) is 18.9 Å². The molecule has 0 spiro atoms. The highest BCUT2D eigenvalue weighted by Crippen LogP contribution is 2.29. The highest BCUT2D eigenvalue weighted by molar-refractivity contribution is 5.87. The largest absolute Gasteiger partial charge is 0.454 e. The molecule has 0 N–H and O–H groups in total. The lowest BCUT2D eigenvalue weighted by molar-refractivity contribution is -0.127. The van der Waals surface area contributed by atoms with Gasteiger partial charge in [0.1, 0.15) is 5.75 Å². The molecule has 1 saturated heterocycles. The molecule has 178 valence electrons. The molecule has 0 bridgehead atoms. The highest BCUT2D eigenvalue weighted by Gasteiger charge is 2.27. The van der Waals surface area contributed by atoms with E-state index in [4.69, 9.17) is 4.74 Å². The Morgan fingerprint density at radius 3 is 2.74 bits per heavy atom. The Kier molecular flexibility index (Phi) is 5.94. The van der Waals surface area contributed by atoms with E-state index < -0.39 is 5.82 Å². The predicted octanol–water partition coefficient (Wildman–Crippen LogP) is 4.78. The van der Waals surface area contributed by atoms with Crippen LogP contribution >= 0.6 is 0 Å². The van der Waals surface area contributed by atoms with Gasteiger partial charge < -0.3 is 9.64 Å². The Bertz CT molecular complexity index is 1470. The number of aryl methyl sites for hydroxylation is 1. The van der Waals surface area contributed by atoms with Gasteiger partial charge in [-0.25, -0.2) is 9.18 Å². The SMILES string of the molecule is C=CC(=O)N1CCCC(n2c(=O)n(-c3ccc(Oc4cccc(C)c4F)cc3)c3cnccc32)C1. The molecule has 2 aromatic carbocycles. The molecule has 0 saturated carbocycles. The lowest BCUT2D eigenvalue weighted by Crippen LogP contribution is -2.42. The highest BCUT2D eigenvalue weighted by atomic mass is 19.1. The summed E-state index contributed by atoms with van der Waals surface area (Å²) in [6.45, 7) is 6.36. The molecule has 1 unspecified atom stereocenters. The molecule has 7 nitrogen and oxygen atoms in total. The average molecular weight is 473 g/mol. The molecule has 35 heavy (non-hydrogen) atoms. The Morgan fingerprint density at radius 1 is 1.17 bits per heavy atom. The Balaban J connectivity index is 1.51. The van der Waals surface area contributed by atoms with Crippen LogP contribution in [-0.4, -0.2) is 38.0 Å². The van der Waals surface area contributed by atoms with Gasteiger partial charge in [0.25, 0.3) is 0 Å². The van der Waals surface area contributed by atoms with Crippen LogP contribution in [0.3, 0.4) is 0 Å². The fraction of sp³-hybridized carbons (Fsp3) is 0.222. The van der Waals surface area contributed by atoms with E-state index in [2.05, 4.69) is 11.6 Å². The molecule has 8 heteroatoms. The first-order valence-corrected chi connectivity index (χ1v) is 11.5. The lowest BCUT2D eigenvalue weighted by Gasteiger charge is -2.32. The summed E-state index contributed by atoms with van der Waals surface area (Å²) in [5.41, 5.74) is 2.36. The third kappa shape index (κ3) is 4.12. The number of aromatic nitrogens is 3. The summed E-state index contributed by atoms with van der Waals surface area (Å²) in [4.78, 5) is 31.8. The number of nitrogens with zero attached hydrogens (tertiary/aromatic N) is 4. The molecular formula is C27H25FN4O3. The van der Waals surface area contributed by atoms with E-state index in [9.17, 15) is 14.0 Å². The van der Waals surface area contributed by atoms with Gasteiger partial charge in [-0.05, 0) is 67.8 Å². The zero-order valence-corrected chi connectivity index (χ0v) is 19.4. The van der Waals surface area contributed by atoms with Crippen molar-refractivity contribution in [3.05, 3.63) is 95.4 Å². The molecule has 2 aromatic heterocycles. The molecule has 4 aromatic rings. The summed E-state index contributed by atoms with van der Waals surface area (Å²) in [6.07, 6.45) is 6.22. The van der Waals surface area contributed by atoms with E-state index in [0.29, 0.717) is 35.6 Å². The zero-order chi connectivity index (χ0) is 24.5. The zero-order valence-electron chi connectivity index (χ0n) is 19.4. The van der Waals surface area contributed by atoms with Crippen LogP contribution in [0.15, 0.2) is 78.4 Å². The smallest absolute Gasteiger partial charge is 0.334 e. The number of halogens is 1. The average Bonchev–Trinajstić information content (AvgIpc) is 3.18. The van der Waals surface area contributed by atoms with Crippen LogP contribution in [0, 0.1) is 12.7 Å². The van der Waals surface area contributed by atoms with E-state index in [1.54, 1.807) is 75.8 Å². The van der Waals surface area contributed by atoms with Crippen LogP contribution in [0.5, 0.6) is 11.5 Å². The molecule has 5 rings (SSSR count). The van der Waals surface area contributed by atoms with Crippen molar-refractivity contribution in [1.29, 1.82) is 0 Å². The van der Waals surface area contributed by atoms with Gasteiger partial charge in [-0.15, -0.1) is 0 Å². The first-order chi connectivity index (χ1) is 17.0. The number of imidazole rings is 1. The second kappa shape index (κ2) is 9.21. The number of benzene rings is 2. The Hall–Kier alpha value is -4.20. The van der Waals surface area contributed by atoms with Gasteiger partial charge in [0, 0.05) is 19.3 Å². The number of piperidine rings is 1. The van der Waals surface area contributed by atoms with Crippen molar-refractivity contribution in [1.82, 2.24) is 19.0 Å². The van der Waals surface area contributed by atoms with Crippen molar-refractivity contribution in [2.24, 2.45) is 0 Å². The van der Waals surface area contributed by atoms with Gasteiger partial charge in [0.05, 0.1) is 29.0 Å².